The van der Waals surface area contributed by atoms with Gasteiger partial charge >= 0.3 is 0 Å². The van der Waals surface area contributed by atoms with Gasteiger partial charge in [0.25, 0.3) is 0 Å². The van der Waals surface area contributed by atoms with E-state index in [4.69, 9.17) is 16.3 Å². The molecule has 1 radical (unpaired) electrons. The molecule has 16 heavy (non-hydrogen) atoms. The van der Waals surface area contributed by atoms with E-state index in [0.717, 1.165) is 5.03 Å². The minimum Gasteiger partial charge on any atom is -0.364 e. The van der Waals surface area contributed by atoms with Crippen LogP contribution in [0, 0.1) is 11.8 Å². The zero-order chi connectivity index (χ0) is 11.1. The Bertz CT molecular complexity index is 445. The van der Waals surface area contributed by atoms with Crippen molar-refractivity contribution in [1.82, 2.24) is 0 Å². The van der Waals surface area contributed by atoms with Crippen LogP contribution in [0.4, 0.5) is 0 Å². The molecule has 0 aromatic heterocycles. The molecule has 1 aliphatic heterocycles. The topological polar surface area (TPSA) is 26.3 Å². The van der Waals surface area contributed by atoms with Crippen LogP contribution in [0.2, 0.25) is 0 Å². The van der Waals surface area contributed by atoms with Gasteiger partial charge in [-0.3, -0.25) is 4.79 Å². The first kappa shape index (κ1) is 10.1. The summed E-state index contributed by atoms with van der Waals surface area (Å²) >= 11 is 6.12. The maximum absolute atomic E-state index is 10.6. The van der Waals surface area contributed by atoms with Gasteiger partial charge in [0.05, 0.1) is 6.10 Å². The summed E-state index contributed by atoms with van der Waals surface area (Å²) in [5, 5.41) is 0.736. The van der Waals surface area contributed by atoms with E-state index in [1.165, 1.54) is 0 Å². The van der Waals surface area contributed by atoms with Crippen LogP contribution in [0.3, 0.4) is 0 Å². The normalized spacial score (nSPS) is 39.8. The van der Waals surface area contributed by atoms with Gasteiger partial charge in [-0.05, 0) is 6.08 Å². The third-order valence-electron chi connectivity index (χ3n) is 3.29. The summed E-state index contributed by atoms with van der Waals surface area (Å²) in [6, 6.07) is 0. The third kappa shape index (κ3) is 1.41. The fraction of sp³-hybridized carbons (Fsp3) is 0.308. The summed E-state index contributed by atoms with van der Waals surface area (Å²) in [7, 11) is 0. The second-order valence-corrected chi connectivity index (χ2v) is 4.63. The van der Waals surface area contributed by atoms with Crippen molar-refractivity contribution in [2.45, 2.75) is 12.2 Å². The molecule has 3 heteroatoms. The Morgan fingerprint density at radius 2 is 2.19 bits per heavy atom. The van der Waals surface area contributed by atoms with Gasteiger partial charge in [0, 0.05) is 22.4 Å². The molecule has 0 amide bonds. The summed E-state index contributed by atoms with van der Waals surface area (Å²) in [6.45, 7) is 0. The zero-order valence-corrected chi connectivity index (χ0v) is 9.22. The van der Waals surface area contributed by atoms with E-state index in [1.54, 1.807) is 6.08 Å². The number of carbonyl (C=O) groups excluding carboxylic acids is 1. The molecule has 0 saturated carbocycles. The van der Waals surface area contributed by atoms with E-state index in [1.807, 2.05) is 30.6 Å². The van der Waals surface area contributed by atoms with Gasteiger partial charge in [-0.25, -0.2) is 0 Å². The molecule has 2 nitrogen and oxygen atoms in total. The smallest absolute Gasteiger partial charge is 0.233 e. The number of ether oxygens (including phenoxy) is 1. The lowest BCUT2D eigenvalue weighted by Crippen LogP contribution is -2.21. The predicted molar refractivity (Wildman–Crippen MR) is 61.6 cm³/mol. The average molecular weight is 234 g/mol. The molecule has 0 aromatic rings. The second-order valence-electron chi connectivity index (χ2n) is 4.20. The molecule has 2 aliphatic carbocycles. The molecule has 1 saturated heterocycles. The molecular formula is C13H10ClO2. The first-order chi connectivity index (χ1) is 7.79. The minimum absolute atomic E-state index is 0.0250. The van der Waals surface area contributed by atoms with Crippen molar-refractivity contribution < 1.29 is 9.53 Å². The lowest BCUT2D eigenvalue weighted by molar-refractivity contribution is 0.0856. The quantitative estimate of drug-likeness (QED) is 0.695. The lowest BCUT2D eigenvalue weighted by atomic mass is 9.81. The van der Waals surface area contributed by atoms with Crippen molar-refractivity contribution >= 4 is 17.9 Å². The lowest BCUT2D eigenvalue weighted by Gasteiger charge is -2.21. The van der Waals surface area contributed by atoms with Crippen LogP contribution >= 0.6 is 11.6 Å². The Morgan fingerprint density at radius 1 is 1.31 bits per heavy atom. The van der Waals surface area contributed by atoms with Crippen molar-refractivity contribution in [3.8, 4) is 0 Å². The first-order valence-corrected chi connectivity index (χ1v) is 5.65. The van der Waals surface area contributed by atoms with E-state index in [9.17, 15) is 4.79 Å². The standard InChI is InChI=1S/C13H10ClO2/c14-11-3-1-2-9-10-6-8(7-15)4-5-12(10)16-13(9)11/h1-6,9-10,12-13H. The number of allylic oxidation sites excluding steroid dienone is 4. The van der Waals surface area contributed by atoms with Crippen LogP contribution in [0.5, 0.6) is 0 Å². The summed E-state index contributed by atoms with van der Waals surface area (Å²) in [4.78, 5) is 10.6. The highest BCUT2D eigenvalue weighted by molar-refractivity contribution is 6.30. The van der Waals surface area contributed by atoms with Gasteiger partial charge in [0.2, 0.25) is 6.29 Å². The van der Waals surface area contributed by atoms with Crippen LogP contribution in [0.1, 0.15) is 0 Å². The van der Waals surface area contributed by atoms with Crippen LogP contribution in [0.15, 0.2) is 47.1 Å². The fourth-order valence-electron chi connectivity index (χ4n) is 2.53. The molecule has 0 bridgehead atoms. The van der Waals surface area contributed by atoms with E-state index in [2.05, 4.69) is 6.08 Å². The maximum atomic E-state index is 10.6. The van der Waals surface area contributed by atoms with Crippen molar-refractivity contribution in [2.24, 2.45) is 11.8 Å². The van der Waals surface area contributed by atoms with E-state index in [0.29, 0.717) is 5.57 Å². The van der Waals surface area contributed by atoms with Crippen molar-refractivity contribution in [3.63, 3.8) is 0 Å². The number of hydrogen-bond donors (Lipinski definition) is 0. The van der Waals surface area contributed by atoms with Gasteiger partial charge in [-0.2, -0.15) is 0 Å². The Kier molecular flexibility index (Phi) is 2.34. The van der Waals surface area contributed by atoms with E-state index < -0.39 is 0 Å². The highest BCUT2D eigenvalue weighted by Crippen LogP contribution is 2.43. The molecule has 1 heterocycles. The molecule has 0 spiro atoms. The molecule has 3 rings (SSSR count). The van der Waals surface area contributed by atoms with Crippen molar-refractivity contribution in [2.75, 3.05) is 0 Å². The molecule has 1 fully saturated rings. The number of halogens is 1. The highest BCUT2D eigenvalue weighted by atomic mass is 35.5. The molecular weight excluding hydrogens is 224 g/mol. The first-order valence-electron chi connectivity index (χ1n) is 5.27. The largest absolute Gasteiger partial charge is 0.364 e. The predicted octanol–water partition coefficient (Wildman–Crippen LogP) is 2.28. The molecule has 0 N–H and O–H groups in total. The van der Waals surface area contributed by atoms with Gasteiger partial charge < -0.3 is 4.74 Å². The Balaban J connectivity index is 1.95. The molecule has 3 aliphatic rings. The fourth-order valence-corrected chi connectivity index (χ4v) is 2.80. The van der Waals surface area contributed by atoms with E-state index in [-0.39, 0.29) is 24.0 Å². The number of hydrogen-bond acceptors (Lipinski definition) is 2. The monoisotopic (exact) mass is 233 g/mol. The second kappa shape index (κ2) is 3.72. The van der Waals surface area contributed by atoms with E-state index >= 15 is 0 Å². The van der Waals surface area contributed by atoms with Crippen molar-refractivity contribution in [3.05, 3.63) is 47.1 Å². The van der Waals surface area contributed by atoms with Gasteiger partial charge in [-0.1, -0.05) is 42.0 Å². The molecule has 4 unspecified atom stereocenters. The van der Waals surface area contributed by atoms with Gasteiger partial charge in [0.1, 0.15) is 6.10 Å². The van der Waals surface area contributed by atoms with Gasteiger partial charge in [0.15, 0.2) is 0 Å². The Labute approximate surface area is 98.9 Å². The minimum atomic E-state index is -0.0615. The molecule has 0 aromatic carbocycles. The number of rotatable bonds is 1. The SMILES string of the molecule is O=[C]C1=CC2C(C=C1)OC1C(Cl)=CC=CC12. The summed E-state index contributed by atoms with van der Waals surface area (Å²) in [6.07, 6.45) is 13.4. The highest BCUT2D eigenvalue weighted by Gasteiger charge is 2.44. The van der Waals surface area contributed by atoms with Crippen LogP contribution in [-0.4, -0.2) is 18.5 Å². The Hall–Kier alpha value is -1.12. The average Bonchev–Trinajstić information content (AvgIpc) is 2.68. The summed E-state index contributed by atoms with van der Waals surface area (Å²) in [5.41, 5.74) is 0.601. The zero-order valence-electron chi connectivity index (χ0n) is 8.47. The van der Waals surface area contributed by atoms with Crippen LogP contribution < -0.4 is 0 Å². The molecule has 4 atom stereocenters. The van der Waals surface area contributed by atoms with Crippen LogP contribution in [-0.2, 0) is 9.53 Å². The maximum Gasteiger partial charge on any atom is 0.233 e. The van der Waals surface area contributed by atoms with Gasteiger partial charge in [-0.15, -0.1) is 0 Å². The van der Waals surface area contributed by atoms with Crippen LogP contribution in [0.25, 0.3) is 0 Å². The number of fused-ring (bicyclic) bond motifs is 3. The third-order valence-corrected chi connectivity index (χ3v) is 3.63. The summed E-state index contributed by atoms with van der Waals surface area (Å²) in [5.74, 6) is 0.431. The summed E-state index contributed by atoms with van der Waals surface area (Å²) < 4.78 is 5.86. The Morgan fingerprint density at radius 3 is 3.00 bits per heavy atom. The van der Waals surface area contributed by atoms with Crippen molar-refractivity contribution in [1.29, 1.82) is 0 Å². The molecule has 81 valence electrons.